The van der Waals surface area contributed by atoms with Gasteiger partial charge in [0.1, 0.15) is 0 Å². The van der Waals surface area contributed by atoms with E-state index in [1.54, 1.807) is 0 Å². The van der Waals surface area contributed by atoms with Crippen LogP contribution in [0.5, 0.6) is 0 Å². The smallest absolute Gasteiger partial charge is 0.0170 e. The van der Waals surface area contributed by atoms with Gasteiger partial charge in [0, 0.05) is 19.1 Å². The van der Waals surface area contributed by atoms with Gasteiger partial charge in [-0.15, -0.1) is 0 Å². The third-order valence-electron chi connectivity index (χ3n) is 3.10. The summed E-state index contributed by atoms with van der Waals surface area (Å²) in [5.74, 6) is 0.796. The highest BCUT2D eigenvalue weighted by Gasteiger charge is 2.21. The Balaban J connectivity index is 2.10. The van der Waals surface area contributed by atoms with Gasteiger partial charge in [-0.2, -0.15) is 0 Å². The molecule has 0 saturated carbocycles. The predicted molar refractivity (Wildman–Crippen MR) is 62.3 cm³/mol. The number of likely N-dealkylation sites (tertiary alicyclic amines) is 1. The van der Waals surface area contributed by atoms with E-state index in [-0.39, 0.29) is 0 Å². The van der Waals surface area contributed by atoms with E-state index in [1.165, 1.54) is 45.2 Å². The predicted octanol–water partition coefficient (Wildman–Crippen LogP) is 2.24. The highest BCUT2D eigenvalue weighted by molar-refractivity contribution is 4.78. The molecule has 0 aromatic carbocycles. The van der Waals surface area contributed by atoms with Crippen molar-refractivity contribution in [2.75, 3.05) is 19.6 Å². The number of piperidine rings is 1. The summed E-state index contributed by atoms with van der Waals surface area (Å²) in [7, 11) is 0. The molecule has 84 valence electrons. The van der Waals surface area contributed by atoms with Gasteiger partial charge in [-0.1, -0.05) is 33.1 Å². The molecule has 1 aliphatic rings. The van der Waals surface area contributed by atoms with Crippen molar-refractivity contribution in [2.24, 2.45) is 11.7 Å². The van der Waals surface area contributed by atoms with Crippen molar-refractivity contribution in [1.82, 2.24) is 4.90 Å². The molecule has 14 heavy (non-hydrogen) atoms. The Bertz CT molecular complexity index is 137. The molecule has 1 heterocycles. The molecule has 0 aromatic heterocycles. The van der Waals surface area contributed by atoms with Gasteiger partial charge in [0.05, 0.1) is 0 Å². The maximum absolute atomic E-state index is 6.00. The van der Waals surface area contributed by atoms with Crippen LogP contribution in [0, 0.1) is 5.92 Å². The van der Waals surface area contributed by atoms with Crippen LogP contribution in [-0.2, 0) is 0 Å². The lowest BCUT2D eigenvalue weighted by atomic mass is 9.96. The zero-order valence-corrected chi connectivity index (χ0v) is 9.84. The van der Waals surface area contributed by atoms with Crippen LogP contribution < -0.4 is 5.73 Å². The third kappa shape index (κ3) is 4.43. The maximum Gasteiger partial charge on any atom is 0.0170 e. The van der Waals surface area contributed by atoms with Crippen LogP contribution >= 0.6 is 0 Å². The molecule has 2 unspecified atom stereocenters. The molecule has 0 bridgehead atoms. The van der Waals surface area contributed by atoms with Crippen LogP contribution in [0.1, 0.15) is 46.0 Å². The first-order valence-corrected chi connectivity index (χ1v) is 6.20. The third-order valence-corrected chi connectivity index (χ3v) is 3.10. The Morgan fingerprint density at radius 2 is 2.00 bits per heavy atom. The second kappa shape index (κ2) is 6.41. The van der Waals surface area contributed by atoms with Crippen LogP contribution in [0.4, 0.5) is 0 Å². The Labute approximate surface area is 88.8 Å². The fraction of sp³-hybridized carbons (Fsp3) is 1.00. The molecular weight excluding hydrogens is 172 g/mol. The summed E-state index contributed by atoms with van der Waals surface area (Å²) < 4.78 is 0. The van der Waals surface area contributed by atoms with Crippen molar-refractivity contribution in [1.29, 1.82) is 0 Å². The Morgan fingerprint density at radius 1 is 1.21 bits per heavy atom. The average Bonchev–Trinajstić information content (AvgIpc) is 2.11. The van der Waals surface area contributed by atoms with Gasteiger partial charge >= 0.3 is 0 Å². The molecule has 0 radical (unpaired) electrons. The summed E-state index contributed by atoms with van der Waals surface area (Å²) in [5, 5.41) is 0. The number of nitrogens with two attached hydrogens (primary N) is 1. The standard InChI is InChI=1S/C12H26N2/c1-3-4-5-6-7-14-9-11(2)8-12(13)10-14/h11-12H,3-10,13H2,1-2H3. The molecule has 0 amide bonds. The number of hydrogen-bond acceptors (Lipinski definition) is 2. The zero-order valence-electron chi connectivity index (χ0n) is 9.84. The lowest BCUT2D eigenvalue weighted by Gasteiger charge is -2.34. The van der Waals surface area contributed by atoms with Gasteiger partial charge in [-0.25, -0.2) is 0 Å². The van der Waals surface area contributed by atoms with E-state index in [9.17, 15) is 0 Å². The zero-order chi connectivity index (χ0) is 10.4. The van der Waals surface area contributed by atoms with Crippen molar-refractivity contribution in [3.63, 3.8) is 0 Å². The quantitative estimate of drug-likeness (QED) is 0.686. The van der Waals surface area contributed by atoms with Crippen molar-refractivity contribution in [2.45, 2.75) is 52.0 Å². The summed E-state index contributed by atoms with van der Waals surface area (Å²) in [6.45, 7) is 8.23. The van der Waals surface area contributed by atoms with Crippen LogP contribution in [0.15, 0.2) is 0 Å². The Hall–Kier alpha value is -0.0800. The van der Waals surface area contributed by atoms with Crippen molar-refractivity contribution in [3.8, 4) is 0 Å². The molecule has 1 rings (SSSR count). The highest BCUT2D eigenvalue weighted by atomic mass is 15.1. The van der Waals surface area contributed by atoms with E-state index in [0.717, 1.165) is 12.5 Å². The molecular formula is C12H26N2. The number of nitrogens with zero attached hydrogens (tertiary/aromatic N) is 1. The minimum atomic E-state index is 0.421. The molecule has 1 aliphatic heterocycles. The second-order valence-corrected chi connectivity index (χ2v) is 4.92. The van der Waals surface area contributed by atoms with E-state index in [4.69, 9.17) is 5.73 Å². The van der Waals surface area contributed by atoms with Gasteiger partial charge < -0.3 is 10.6 Å². The Kier molecular flexibility index (Phi) is 5.49. The minimum Gasteiger partial charge on any atom is -0.327 e. The molecule has 0 aromatic rings. The first kappa shape index (κ1) is 12.0. The van der Waals surface area contributed by atoms with Crippen molar-refractivity contribution in [3.05, 3.63) is 0 Å². The summed E-state index contributed by atoms with van der Waals surface area (Å²) in [4.78, 5) is 2.55. The molecule has 1 saturated heterocycles. The summed E-state index contributed by atoms with van der Waals surface area (Å²) >= 11 is 0. The summed E-state index contributed by atoms with van der Waals surface area (Å²) in [6.07, 6.45) is 6.67. The van der Waals surface area contributed by atoms with Crippen molar-refractivity contribution >= 4 is 0 Å². The molecule has 2 heteroatoms. The molecule has 0 spiro atoms. The average molecular weight is 198 g/mol. The molecule has 2 nitrogen and oxygen atoms in total. The summed E-state index contributed by atoms with van der Waals surface area (Å²) in [5.41, 5.74) is 6.00. The fourth-order valence-corrected chi connectivity index (χ4v) is 2.46. The molecule has 0 aliphatic carbocycles. The molecule has 2 N–H and O–H groups in total. The largest absolute Gasteiger partial charge is 0.327 e. The lowest BCUT2D eigenvalue weighted by Crippen LogP contribution is -2.46. The van der Waals surface area contributed by atoms with Gasteiger partial charge in [-0.05, 0) is 25.3 Å². The maximum atomic E-state index is 6.00. The van der Waals surface area contributed by atoms with E-state index < -0.39 is 0 Å². The molecule has 2 atom stereocenters. The first-order chi connectivity index (χ1) is 6.72. The molecule has 1 fully saturated rings. The van der Waals surface area contributed by atoms with Gasteiger partial charge in [0.2, 0.25) is 0 Å². The SMILES string of the molecule is CCCCCCN1CC(C)CC(N)C1. The Morgan fingerprint density at radius 3 is 2.64 bits per heavy atom. The lowest BCUT2D eigenvalue weighted by molar-refractivity contribution is 0.162. The number of rotatable bonds is 5. The van der Waals surface area contributed by atoms with Crippen LogP contribution in [0.25, 0.3) is 0 Å². The van der Waals surface area contributed by atoms with E-state index in [2.05, 4.69) is 18.7 Å². The van der Waals surface area contributed by atoms with E-state index >= 15 is 0 Å². The van der Waals surface area contributed by atoms with E-state index in [1.807, 2.05) is 0 Å². The van der Waals surface area contributed by atoms with Crippen LogP contribution in [0.2, 0.25) is 0 Å². The first-order valence-electron chi connectivity index (χ1n) is 6.20. The fourth-order valence-electron chi connectivity index (χ4n) is 2.46. The van der Waals surface area contributed by atoms with Crippen LogP contribution in [0.3, 0.4) is 0 Å². The van der Waals surface area contributed by atoms with Crippen molar-refractivity contribution < 1.29 is 0 Å². The van der Waals surface area contributed by atoms with Gasteiger partial charge in [0.15, 0.2) is 0 Å². The second-order valence-electron chi connectivity index (χ2n) is 4.92. The topological polar surface area (TPSA) is 29.3 Å². The van der Waals surface area contributed by atoms with Gasteiger partial charge in [-0.3, -0.25) is 0 Å². The highest BCUT2D eigenvalue weighted by Crippen LogP contribution is 2.15. The number of unbranched alkanes of at least 4 members (excludes halogenated alkanes) is 3. The van der Waals surface area contributed by atoms with Crippen LogP contribution in [-0.4, -0.2) is 30.6 Å². The van der Waals surface area contributed by atoms with E-state index in [0.29, 0.717) is 6.04 Å². The summed E-state index contributed by atoms with van der Waals surface area (Å²) in [6, 6.07) is 0.421. The number of hydrogen-bond donors (Lipinski definition) is 1. The normalized spacial score (nSPS) is 29.4. The minimum absolute atomic E-state index is 0.421. The van der Waals surface area contributed by atoms with Gasteiger partial charge in [0.25, 0.3) is 0 Å². The monoisotopic (exact) mass is 198 g/mol.